The van der Waals surface area contributed by atoms with Crippen LogP contribution in [0.15, 0.2) is 85.1 Å². The Morgan fingerprint density at radius 1 is 0.443 bits per heavy atom. The summed E-state index contributed by atoms with van der Waals surface area (Å²) in [4.78, 5) is 22.7. The van der Waals surface area contributed by atoms with Crippen molar-refractivity contribution in [1.82, 2.24) is 0 Å². The van der Waals surface area contributed by atoms with Crippen LogP contribution in [0.3, 0.4) is 0 Å². The van der Waals surface area contributed by atoms with Crippen molar-refractivity contribution in [1.29, 1.82) is 0 Å². The van der Waals surface area contributed by atoms with Gasteiger partial charge in [0.25, 0.3) is 0 Å². The molecule has 0 aliphatic carbocycles. The fraction of sp³-hybridized carbons (Fsp3) is 0.754. The molecule has 0 spiro atoms. The molecule has 0 aromatic rings. The van der Waals surface area contributed by atoms with Crippen LogP contribution in [-0.4, -0.2) is 49.9 Å². The van der Waals surface area contributed by atoms with Crippen LogP contribution in [0.1, 0.15) is 258 Å². The van der Waals surface area contributed by atoms with Crippen molar-refractivity contribution in [3.8, 4) is 0 Å². The maximum atomic E-state index is 12.7. The van der Waals surface area contributed by atoms with Crippen LogP contribution in [0.25, 0.3) is 0 Å². The third-order valence-electron chi connectivity index (χ3n) is 12.3. The predicted octanol–water partition coefficient (Wildman–Crippen LogP) is 18.8. The zero-order valence-electron chi connectivity index (χ0n) is 45.5. The summed E-state index contributed by atoms with van der Waals surface area (Å²) in [6.07, 6.45) is 76.4. The van der Waals surface area contributed by atoms with Gasteiger partial charge in [0.1, 0.15) is 6.10 Å². The summed E-state index contributed by atoms with van der Waals surface area (Å²) < 4.78 is 33.7. The minimum atomic E-state index is -4.30. The first-order valence-corrected chi connectivity index (χ1v) is 30.6. The number of nitrogens with two attached hydrogens (primary N) is 1. The van der Waals surface area contributed by atoms with E-state index in [9.17, 15) is 14.3 Å². The number of esters is 1. The van der Waals surface area contributed by atoms with E-state index in [1.54, 1.807) is 0 Å². The van der Waals surface area contributed by atoms with Gasteiger partial charge < -0.3 is 20.1 Å². The van der Waals surface area contributed by atoms with E-state index in [-0.39, 0.29) is 32.3 Å². The number of hydrogen-bond acceptors (Lipinski definition) is 7. The molecule has 0 aromatic heterocycles. The second-order valence-electron chi connectivity index (χ2n) is 19.1. The van der Waals surface area contributed by atoms with Crippen molar-refractivity contribution in [3.05, 3.63) is 85.1 Å². The monoisotopic (exact) mass is 1000 g/mol. The van der Waals surface area contributed by atoms with Gasteiger partial charge in [-0.1, -0.05) is 247 Å². The summed E-state index contributed by atoms with van der Waals surface area (Å²) in [5, 5.41) is 0. The van der Waals surface area contributed by atoms with Crippen LogP contribution in [-0.2, 0) is 27.9 Å². The van der Waals surface area contributed by atoms with Gasteiger partial charge in [0, 0.05) is 19.6 Å². The Morgan fingerprint density at radius 2 is 0.800 bits per heavy atom. The molecule has 0 saturated carbocycles. The summed E-state index contributed by atoms with van der Waals surface area (Å²) >= 11 is 0. The van der Waals surface area contributed by atoms with Crippen molar-refractivity contribution < 1.29 is 32.8 Å². The van der Waals surface area contributed by atoms with Crippen LogP contribution in [0.2, 0.25) is 0 Å². The number of phosphoric acid groups is 1. The second kappa shape index (κ2) is 57.6. The zero-order chi connectivity index (χ0) is 50.8. The van der Waals surface area contributed by atoms with Crippen LogP contribution in [0, 0.1) is 0 Å². The number of phosphoric ester groups is 1. The first kappa shape index (κ1) is 67.7. The fourth-order valence-corrected chi connectivity index (χ4v) is 8.82. The predicted molar refractivity (Wildman–Crippen MR) is 302 cm³/mol. The summed E-state index contributed by atoms with van der Waals surface area (Å²) in [5.41, 5.74) is 5.40. The van der Waals surface area contributed by atoms with Crippen LogP contribution >= 0.6 is 7.82 Å². The number of hydrogen-bond donors (Lipinski definition) is 2. The van der Waals surface area contributed by atoms with E-state index in [1.807, 2.05) is 0 Å². The average Bonchev–Trinajstić information content (AvgIpc) is 3.35. The quantitative estimate of drug-likeness (QED) is 0.0268. The van der Waals surface area contributed by atoms with E-state index in [1.165, 1.54) is 154 Å². The van der Waals surface area contributed by atoms with Gasteiger partial charge in [-0.2, -0.15) is 0 Å². The molecule has 0 fully saturated rings. The lowest BCUT2D eigenvalue weighted by Gasteiger charge is -2.20. The van der Waals surface area contributed by atoms with Crippen molar-refractivity contribution in [2.45, 2.75) is 264 Å². The number of carbonyl (C=O) groups excluding carboxylic acids is 1. The third kappa shape index (κ3) is 56.6. The molecule has 0 bridgehead atoms. The Balaban J connectivity index is 3.93. The largest absolute Gasteiger partial charge is 0.472 e. The Kier molecular flexibility index (Phi) is 55.7. The van der Waals surface area contributed by atoms with E-state index in [2.05, 4.69) is 98.9 Å². The Bertz CT molecular complexity index is 1350. The van der Waals surface area contributed by atoms with Gasteiger partial charge in [0.05, 0.1) is 19.8 Å². The number of ether oxygens (including phenoxy) is 2. The highest BCUT2D eigenvalue weighted by Crippen LogP contribution is 2.43. The van der Waals surface area contributed by atoms with E-state index in [4.69, 9.17) is 24.3 Å². The molecule has 2 unspecified atom stereocenters. The molecule has 9 heteroatoms. The van der Waals surface area contributed by atoms with Gasteiger partial charge in [0.2, 0.25) is 0 Å². The van der Waals surface area contributed by atoms with Crippen LogP contribution in [0.4, 0.5) is 0 Å². The highest BCUT2D eigenvalue weighted by molar-refractivity contribution is 7.47. The Hall–Kier alpha value is -2.32. The molecule has 0 aliphatic heterocycles. The van der Waals surface area contributed by atoms with Crippen LogP contribution < -0.4 is 5.73 Å². The topological polar surface area (TPSA) is 117 Å². The lowest BCUT2D eigenvalue weighted by atomic mass is 10.0. The van der Waals surface area contributed by atoms with Crippen molar-refractivity contribution in [2.75, 3.05) is 33.0 Å². The number of allylic oxidation sites excluding steroid dienone is 14. The van der Waals surface area contributed by atoms with Gasteiger partial charge in [-0.3, -0.25) is 13.8 Å². The molecule has 0 rings (SSSR count). The van der Waals surface area contributed by atoms with Crippen LogP contribution in [0.5, 0.6) is 0 Å². The van der Waals surface area contributed by atoms with Gasteiger partial charge in [-0.25, -0.2) is 4.57 Å². The van der Waals surface area contributed by atoms with Crippen molar-refractivity contribution in [3.63, 3.8) is 0 Å². The van der Waals surface area contributed by atoms with E-state index in [0.717, 1.165) is 83.5 Å². The van der Waals surface area contributed by atoms with Crippen molar-refractivity contribution >= 4 is 13.8 Å². The van der Waals surface area contributed by atoms with Crippen molar-refractivity contribution in [2.24, 2.45) is 5.73 Å². The third-order valence-corrected chi connectivity index (χ3v) is 13.3. The average molecular weight is 1000 g/mol. The Labute approximate surface area is 432 Å². The molecule has 406 valence electrons. The van der Waals surface area contributed by atoms with Gasteiger partial charge in [0.15, 0.2) is 0 Å². The summed E-state index contributed by atoms with van der Waals surface area (Å²) in [7, 11) is -4.30. The first-order valence-electron chi connectivity index (χ1n) is 29.1. The molecular weight excluding hydrogens is 890 g/mol. The molecule has 0 radical (unpaired) electrons. The maximum Gasteiger partial charge on any atom is 0.472 e. The summed E-state index contributed by atoms with van der Waals surface area (Å²) in [6.45, 7) is 4.80. The minimum absolute atomic E-state index is 0.0951. The summed E-state index contributed by atoms with van der Waals surface area (Å²) in [5.74, 6) is -0.334. The SMILES string of the molecule is CC/C=C\C/C=C\C/C=C\C/C=C\C/C=C\C/C=C\CCCCCCCCCOCC(COP(=O)(O)OCCN)OC(=O)CCCCCCCCCCCCCCC/C=C\CCCCCCCCCC. The molecule has 0 amide bonds. The van der Waals surface area contributed by atoms with E-state index in [0.29, 0.717) is 13.0 Å². The van der Waals surface area contributed by atoms with Gasteiger partial charge in [-0.15, -0.1) is 0 Å². The molecule has 8 nitrogen and oxygen atoms in total. The first-order chi connectivity index (χ1) is 34.4. The second-order valence-corrected chi connectivity index (χ2v) is 20.6. The molecule has 0 saturated heterocycles. The number of rotatable bonds is 55. The van der Waals surface area contributed by atoms with Gasteiger partial charge in [-0.05, 0) is 89.9 Å². The molecule has 3 N–H and O–H groups in total. The minimum Gasteiger partial charge on any atom is -0.457 e. The fourth-order valence-electron chi connectivity index (χ4n) is 8.06. The molecule has 0 heterocycles. The zero-order valence-corrected chi connectivity index (χ0v) is 46.4. The molecule has 0 aromatic carbocycles. The van der Waals surface area contributed by atoms with E-state index < -0.39 is 13.9 Å². The highest BCUT2D eigenvalue weighted by Gasteiger charge is 2.25. The Morgan fingerprint density at radius 3 is 1.21 bits per heavy atom. The molecule has 2 atom stereocenters. The normalized spacial score (nSPS) is 13.8. The number of carbonyl (C=O) groups is 1. The van der Waals surface area contributed by atoms with Gasteiger partial charge >= 0.3 is 13.8 Å². The lowest BCUT2D eigenvalue weighted by Crippen LogP contribution is -2.28. The maximum absolute atomic E-state index is 12.7. The smallest absolute Gasteiger partial charge is 0.457 e. The lowest BCUT2D eigenvalue weighted by molar-refractivity contribution is -0.154. The number of unbranched alkanes of at least 4 members (excludes halogenated alkanes) is 28. The standard InChI is InChI=1S/C61H110NO7P/c1-3-5-7-9-11-13-15-17-19-21-23-25-27-29-31-33-35-37-39-41-43-45-47-49-51-53-56-66-58-60(59-68-70(64,65)67-57-55-62)69-61(63)54-52-50-48-46-44-42-40-38-36-34-32-30-28-26-24-22-20-18-16-14-12-10-8-6-4-2/h5,7,11,13,17,19,22-25,29,31,35,37,60H,3-4,6,8-10,12,14-16,18,20-21,26-28,30,32-34,36,38-59,62H2,1-2H3,(H,64,65)/b7-5-,13-11-,19-17-,24-22-,25-23-,31-29-,37-35-. The summed E-state index contributed by atoms with van der Waals surface area (Å²) in [6, 6.07) is 0. The molecule has 70 heavy (non-hydrogen) atoms. The molecular formula is C61H110NO7P. The van der Waals surface area contributed by atoms with E-state index >= 15 is 0 Å². The molecule has 0 aliphatic rings. The highest BCUT2D eigenvalue weighted by atomic mass is 31.2.